The number of halogens is 1. The number of hydrogen-bond donors (Lipinski definition) is 5. The molecule has 2 aliphatic carbocycles. The Kier molecular flexibility index (Phi) is 7.70. The van der Waals surface area contributed by atoms with Crippen LogP contribution in [-0.2, 0) is 19.2 Å². The Morgan fingerprint density at radius 3 is 1.80 bits per heavy atom. The molecule has 7 rings (SSSR count). The second kappa shape index (κ2) is 11.7. The van der Waals surface area contributed by atoms with Crippen molar-refractivity contribution in [2.45, 2.75) is 18.8 Å². The third kappa shape index (κ3) is 4.75. The van der Waals surface area contributed by atoms with Gasteiger partial charge in [0.15, 0.2) is 11.5 Å². The molecule has 4 aliphatic rings. The third-order valence-electron chi connectivity index (χ3n) is 10.2. The van der Waals surface area contributed by atoms with Crippen LogP contribution in [0.5, 0.6) is 23.0 Å². The van der Waals surface area contributed by atoms with E-state index in [4.69, 9.17) is 4.74 Å². The number of carboxylic acids is 2. The van der Waals surface area contributed by atoms with Crippen LogP contribution in [-0.4, -0.2) is 68.2 Å². The van der Waals surface area contributed by atoms with E-state index < -0.39 is 93.7 Å². The predicted octanol–water partition coefficient (Wildman–Crippen LogP) is 4.02. The van der Waals surface area contributed by atoms with Crippen LogP contribution < -0.4 is 14.5 Å². The lowest BCUT2D eigenvalue weighted by Crippen LogP contribution is -2.43. The van der Waals surface area contributed by atoms with Gasteiger partial charge in [-0.25, -0.2) is 19.4 Å². The Bertz CT molecular complexity index is 2110. The first-order chi connectivity index (χ1) is 23.7. The number of carbonyl (C=O) groups excluding carboxylic acids is 4. The van der Waals surface area contributed by atoms with Gasteiger partial charge < -0.3 is 30.3 Å². The number of phenolic OH excluding ortho intramolecular Hbond substituents is 1. The van der Waals surface area contributed by atoms with Gasteiger partial charge in [-0.05, 0) is 76.7 Å². The quantitative estimate of drug-likeness (QED) is 0.178. The second-order valence-electron chi connectivity index (χ2n) is 12.6. The van der Waals surface area contributed by atoms with Crippen molar-refractivity contribution in [1.82, 2.24) is 0 Å². The fourth-order valence-corrected chi connectivity index (χ4v) is 8.54. The average molecular weight is 748 g/mol. The Labute approximate surface area is 290 Å². The SMILES string of the molecule is COc1cc(C2C3=CCC4C(=O)N(c5ccc(C(=O)O)c(O)c5)C(=O)C4C3CC3C(=O)N(c4ccc(C(=O)O)c(O)c4)C(=O)C32)cc(Br)c1O. The van der Waals surface area contributed by atoms with Crippen molar-refractivity contribution >= 4 is 62.9 Å². The van der Waals surface area contributed by atoms with E-state index in [0.717, 1.165) is 34.1 Å². The summed E-state index contributed by atoms with van der Waals surface area (Å²) in [5, 5.41) is 50.0. The van der Waals surface area contributed by atoms with E-state index >= 15 is 0 Å². The van der Waals surface area contributed by atoms with Crippen molar-refractivity contribution < 1.29 is 59.0 Å². The Balaban J connectivity index is 1.34. The highest BCUT2D eigenvalue weighted by molar-refractivity contribution is 9.10. The molecule has 2 heterocycles. The van der Waals surface area contributed by atoms with Crippen molar-refractivity contribution in [3.63, 3.8) is 0 Å². The number of phenols is 3. The molecule has 0 bridgehead atoms. The van der Waals surface area contributed by atoms with E-state index in [1.807, 2.05) is 0 Å². The maximum Gasteiger partial charge on any atom is 0.339 e. The van der Waals surface area contributed by atoms with E-state index in [-0.39, 0.29) is 40.2 Å². The maximum atomic E-state index is 14.3. The number of anilines is 2. The monoisotopic (exact) mass is 746 g/mol. The van der Waals surface area contributed by atoms with Crippen LogP contribution in [0.3, 0.4) is 0 Å². The first-order valence-electron chi connectivity index (χ1n) is 15.4. The number of amides is 4. The molecule has 3 aromatic carbocycles. The molecule has 6 unspecified atom stereocenters. The minimum atomic E-state index is -1.41. The van der Waals surface area contributed by atoms with Crippen molar-refractivity contribution in [2.75, 3.05) is 16.9 Å². The van der Waals surface area contributed by atoms with E-state index in [0.29, 0.717) is 11.1 Å². The van der Waals surface area contributed by atoms with Crippen molar-refractivity contribution in [1.29, 1.82) is 0 Å². The zero-order valence-corrected chi connectivity index (χ0v) is 27.5. The molecule has 2 aliphatic heterocycles. The van der Waals surface area contributed by atoms with E-state index in [9.17, 15) is 54.3 Å². The molecule has 4 amide bonds. The molecule has 3 fully saturated rings. The van der Waals surface area contributed by atoms with Crippen LogP contribution >= 0.6 is 15.9 Å². The molecule has 5 N–H and O–H groups in total. The van der Waals surface area contributed by atoms with Crippen LogP contribution in [0.25, 0.3) is 0 Å². The molecule has 0 aromatic heterocycles. The van der Waals surface area contributed by atoms with Gasteiger partial charge in [-0.3, -0.25) is 19.2 Å². The van der Waals surface area contributed by atoms with Crippen molar-refractivity contribution in [2.24, 2.45) is 29.6 Å². The normalized spacial score (nSPS) is 25.6. The van der Waals surface area contributed by atoms with Crippen LogP contribution in [0.1, 0.15) is 45.0 Å². The van der Waals surface area contributed by atoms with Gasteiger partial charge in [0.05, 0.1) is 46.6 Å². The number of imide groups is 2. The number of methoxy groups -OCH3 is 1. The molecule has 3 aromatic rings. The van der Waals surface area contributed by atoms with Crippen LogP contribution in [0.4, 0.5) is 11.4 Å². The predicted molar refractivity (Wildman–Crippen MR) is 175 cm³/mol. The van der Waals surface area contributed by atoms with Gasteiger partial charge in [0.1, 0.15) is 22.6 Å². The average Bonchev–Trinajstić information content (AvgIpc) is 3.47. The summed E-state index contributed by atoms with van der Waals surface area (Å²) in [7, 11) is 1.35. The summed E-state index contributed by atoms with van der Waals surface area (Å²) >= 11 is 3.33. The maximum absolute atomic E-state index is 14.3. The highest BCUT2D eigenvalue weighted by Gasteiger charge is 2.62. The summed E-state index contributed by atoms with van der Waals surface area (Å²) in [5.74, 6) is -12.0. The molecular weight excluding hydrogens is 720 g/mol. The summed E-state index contributed by atoms with van der Waals surface area (Å²) < 4.78 is 5.62. The molecule has 50 heavy (non-hydrogen) atoms. The number of benzene rings is 3. The molecule has 256 valence electrons. The standard InChI is InChI=1S/C35H27BrN2O12/c1-50-25-9-13(8-22(36)29(25)41)26-16-6-7-19-27(32(44)37(30(19)42)14-2-4-17(34(46)47)23(39)10-14)20(16)12-21-28(26)33(45)38(31(21)43)15-3-5-18(35(48)49)24(40)11-15/h2-6,8-11,19-21,26-28,39-41H,7,12H2,1H3,(H,46,47)(H,48,49). The van der Waals surface area contributed by atoms with Gasteiger partial charge in [-0.2, -0.15) is 0 Å². The van der Waals surface area contributed by atoms with Crippen molar-refractivity contribution in [3.05, 3.63) is 81.3 Å². The minimum absolute atomic E-state index is 0.000875. The second-order valence-corrected chi connectivity index (χ2v) is 13.5. The number of hydrogen-bond acceptors (Lipinski definition) is 10. The van der Waals surface area contributed by atoms with Gasteiger partial charge in [0, 0.05) is 18.1 Å². The van der Waals surface area contributed by atoms with Crippen molar-refractivity contribution in [3.8, 4) is 23.0 Å². The molecular formula is C35H27BrN2O12. The number of aromatic hydroxyl groups is 3. The number of rotatable bonds is 6. The van der Waals surface area contributed by atoms with Crippen LogP contribution in [0.2, 0.25) is 0 Å². The number of fused-ring (bicyclic) bond motifs is 4. The van der Waals surface area contributed by atoms with E-state index in [2.05, 4.69) is 15.9 Å². The fraction of sp³-hybridized carbons (Fsp3) is 0.257. The summed E-state index contributed by atoms with van der Waals surface area (Å²) in [5.41, 5.74) is 0.214. The van der Waals surface area contributed by atoms with Crippen LogP contribution in [0.15, 0.2) is 64.7 Å². The summed E-state index contributed by atoms with van der Waals surface area (Å²) in [6.07, 6.45) is 1.91. The van der Waals surface area contributed by atoms with E-state index in [1.54, 1.807) is 12.1 Å². The summed E-state index contributed by atoms with van der Waals surface area (Å²) in [6.45, 7) is 0. The van der Waals surface area contributed by atoms with Crippen LogP contribution in [0, 0.1) is 29.6 Å². The fourth-order valence-electron chi connectivity index (χ4n) is 8.08. The van der Waals surface area contributed by atoms with E-state index in [1.165, 1.54) is 25.3 Å². The number of carbonyl (C=O) groups is 6. The zero-order chi connectivity index (χ0) is 35.9. The largest absolute Gasteiger partial charge is 0.507 e. The molecule has 2 saturated heterocycles. The third-order valence-corrected chi connectivity index (χ3v) is 10.8. The molecule has 1 saturated carbocycles. The lowest BCUT2D eigenvalue weighted by molar-refractivity contribution is -0.126. The van der Waals surface area contributed by atoms with Gasteiger partial charge in [-0.1, -0.05) is 11.6 Å². The van der Waals surface area contributed by atoms with Gasteiger partial charge in [0.2, 0.25) is 23.6 Å². The molecule has 15 heteroatoms. The Hall–Kier alpha value is -5.70. The smallest absolute Gasteiger partial charge is 0.339 e. The van der Waals surface area contributed by atoms with Gasteiger partial charge >= 0.3 is 11.9 Å². The molecule has 0 spiro atoms. The highest BCUT2D eigenvalue weighted by atomic mass is 79.9. The lowest BCUT2D eigenvalue weighted by Gasteiger charge is -2.44. The molecule has 0 radical (unpaired) electrons. The first kappa shape index (κ1) is 32.8. The number of carboxylic acid groups (broad SMARTS) is 2. The molecule has 14 nitrogen and oxygen atoms in total. The Morgan fingerprint density at radius 1 is 0.740 bits per heavy atom. The number of aromatic carboxylic acids is 2. The number of ether oxygens (including phenoxy) is 1. The minimum Gasteiger partial charge on any atom is -0.507 e. The first-order valence-corrected chi connectivity index (χ1v) is 16.2. The van der Waals surface area contributed by atoms with Gasteiger partial charge in [0.25, 0.3) is 0 Å². The zero-order valence-electron chi connectivity index (χ0n) is 25.9. The number of nitrogens with zero attached hydrogens (tertiary/aromatic N) is 2. The highest BCUT2D eigenvalue weighted by Crippen LogP contribution is 2.59. The van der Waals surface area contributed by atoms with Gasteiger partial charge in [-0.15, -0.1) is 0 Å². The topological polar surface area (TPSA) is 219 Å². The number of allylic oxidation sites excluding steroid dienone is 2. The Morgan fingerprint density at radius 2 is 1.28 bits per heavy atom. The summed E-state index contributed by atoms with van der Waals surface area (Å²) in [4.78, 5) is 81.3. The lowest BCUT2D eigenvalue weighted by atomic mass is 9.57. The molecule has 6 atom stereocenters. The summed E-state index contributed by atoms with van der Waals surface area (Å²) in [6, 6.07) is 9.86.